The van der Waals surface area contributed by atoms with Gasteiger partial charge in [-0.3, -0.25) is 19.2 Å². The van der Waals surface area contributed by atoms with E-state index in [1.165, 1.54) is 17.4 Å². The third-order valence-corrected chi connectivity index (χ3v) is 8.28. The molecule has 1 saturated heterocycles. The molecule has 1 aliphatic heterocycles. The number of nitrogens with zero attached hydrogens (tertiary/aromatic N) is 4. The maximum Gasteiger partial charge on any atom is 0.303 e. The highest BCUT2D eigenvalue weighted by Gasteiger charge is 2.31. The summed E-state index contributed by atoms with van der Waals surface area (Å²) < 4.78 is 6.10. The minimum absolute atomic E-state index is 0.00897. The fourth-order valence-electron chi connectivity index (χ4n) is 5.16. The van der Waals surface area contributed by atoms with E-state index in [0.29, 0.717) is 29.4 Å². The van der Waals surface area contributed by atoms with Crippen molar-refractivity contribution in [3.05, 3.63) is 64.5 Å². The van der Waals surface area contributed by atoms with Crippen LogP contribution in [0, 0.1) is 0 Å². The van der Waals surface area contributed by atoms with Gasteiger partial charge in [0, 0.05) is 44.2 Å². The van der Waals surface area contributed by atoms with Crippen molar-refractivity contribution in [1.82, 2.24) is 25.1 Å². The number of hydrogen-bond acceptors (Lipinski definition) is 8. The Morgan fingerprint density at radius 2 is 1.69 bits per heavy atom. The number of ether oxygens (including phenoxy) is 1. The monoisotopic (exact) mass is 591 g/mol. The molecule has 3 amide bonds. The number of aliphatic carboxylic acids is 1. The number of carbonyl (C=O) groups excluding carboxylic acids is 3. The lowest BCUT2D eigenvalue weighted by Crippen LogP contribution is -2.56. The van der Waals surface area contributed by atoms with Gasteiger partial charge in [-0.05, 0) is 43.6 Å². The lowest BCUT2D eigenvalue weighted by atomic mass is 10.1. The van der Waals surface area contributed by atoms with E-state index in [4.69, 9.17) is 4.74 Å². The molecular weight excluding hydrogens is 558 g/mol. The lowest BCUT2D eigenvalue weighted by Gasteiger charge is -2.36. The average molecular weight is 592 g/mol. The molecule has 2 fully saturated rings. The van der Waals surface area contributed by atoms with Crippen molar-refractivity contribution in [1.29, 1.82) is 0 Å². The molecule has 1 aliphatic carbocycles. The molecule has 0 spiro atoms. The zero-order chi connectivity index (χ0) is 29.5. The van der Waals surface area contributed by atoms with E-state index in [9.17, 15) is 24.3 Å². The van der Waals surface area contributed by atoms with Crippen molar-refractivity contribution >= 4 is 35.0 Å². The molecule has 220 valence electrons. The maximum atomic E-state index is 13.5. The van der Waals surface area contributed by atoms with Crippen LogP contribution in [-0.2, 0) is 9.59 Å². The second-order valence-corrected chi connectivity index (χ2v) is 11.3. The summed E-state index contributed by atoms with van der Waals surface area (Å²) in [5, 5.41) is 13.9. The van der Waals surface area contributed by atoms with Gasteiger partial charge in [0.2, 0.25) is 11.8 Å². The zero-order valence-electron chi connectivity index (χ0n) is 23.1. The number of nitrogens with one attached hydrogen (secondary N) is 1. The number of benzene rings is 1. The Balaban J connectivity index is 1.31. The molecule has 1 saturated carbocycles. The van der Waals surface area contributed by atoms with Crippen molar-refractivity contribution in [3.8, 4) is 17.3 Å². The van der Waals surface area contributed by atoms with Gasteiger partial charge in [-0.1, -0.05) is 36.4 Å². The van der Waals surface area contributed by atoms with Crippen LogP contribution in [0.5, 0.6) is 5.88 Å². The van der Waals surface area contributed by atoms with Gasteiger partial charge in [-0.2, -0.15) is 4.98 Å². The first-order valence-electron chi connectivity index (χ1n) is 14.1. The topological polar surface area (TPSA) is 142 Å². The Labute approximate surface area is 247 Å². The molecule has 1 unspecified atom stereocenters. The lowest BCUT2D eigenvalue weighted by molar-refractivity contribution is -0.138. The fraction of sp³-hybridized carbons (Fsp3) is 0.400. The van der Waals surface area contributed by atoms with Crippen molar-refractivity contribution in [2.24, 2.45) is 0 Å². The SMILES string of the molecule is O=C(O)CCC(NC(=O)c1cc(OC2CCCC2)nc(-c2ccccc2)n1)C(=O)N1CCN(C(=O)c2cccs2)CC1. The second-order valence-electron chi connectivity index (χ2n) is 10.4. The molecule has 5 rings (SSSR count). The van der Waals surface area contributed by atoms with Crippen molar-refractivity contribution in [2.45, 2.75) is 50.7 Å². The minimum Gasteiger partial charge on any atom is -0.481 e. The molecule has 2 aliphatic rings. The van der Waals surface area contributed by atoms with Crippen LogP contribution in [0.3, 0.4) is 0 Å². The predicted octanol–water partition coefficient (Wildman–Crippen LogP) is 3.47. The second kappa shape index (κ2) is 13.6. The number of piperazine rings is 1. The van der Waals surface area contributed by atoms with Crippen molar-refractivity contribution in [3.63, 3.8) is 0 Å². The van der Waals surface area contributed by atoms with Crippen LogP contribution in [0.2, 0.25) is 0 Å². The molecule has 12 heteroatoms. The third kappa shape index (κ3) is 7.30. The van der Waals surface area contributed by atoms with E-state index in [0.717, 1.165) is 25.7 Å². The number of carboxylic acid groups (broad SMARTS) is 1. The predicted molar refractivity (Wildman–Crippen MR) is 155 cm³/mol. The smallest absolute Gasteiger partial charge is 0.303 e. The Morgan fingerprint density at radius 1 is 0.976 bits per heavy atom. The van der Waals surface area contributed by atoms with E-state index >= 15 is 0 Å². The number of carbonyl (C=O) groups is 4. The van der Waals surface area contributed by atoms with Crippen molar-refractivity contribution < 1.29 is 29.0 Å². The normalized spacial score (nSPS) is 16.2. The molecule has 0 radical (unpaired) electrons. The Hall–Kier alpha value is -4.32. The quantitative estimate of drug-likeness (QED) is 0.365. The molecule has 0 bridgehead atoms. The largest absolute Gasteiger partial charge is 0.481 e. The number of thiophene rings is 1. The van der Waals surface area contributed by atoms with Crippen LogP contribution in [0.4, 0.5) is 0 Å². The standard InChI is InChI=1S/C30H33N5O6S/c36-26(37)13-12-22(29(39)34-14-16-35(17-15-34)30(40)24-11-6-18-42-24)32-28(38)23-19-25(41-21-9-4-5-10-21)33-27(31-23)20-7-2-1-3-8-20/h1-3,6-8,11,18-19,21-22H,4-5,9-10,12-17H2,(H,32,38)(H,36,37). The van der Waals surface area contributed by atoms with Crippen LogP contribution in [0.1, 0.15) is 58.7 Å². The van der Waals surface area contributed by atoms with Crippen molar-refractivity contribution in [2.75, 3.05) is 26.2 Å². The van der Waals surface area contributed by atoms with Crippen LogP contribution in [0.15, 0.2) is 53.9 Å². The summed E-state index contributed by atoms with van der Waals surface area (Å²) in [5.74, 6) is -1.58. The molecule has 3 aromatic rings. The molecule has 3 heterocycles. The van der Waals surface area contributed by atoms with E-state index < -0.39 is 23.8 Å². The van der Waals surface area contributed by atoms with Crippen LogP contribution >= 0.6 is 11.3 Å². The average Bonchev–Trinajstić information content (AvgIpc) is 3.74. The minimum atomic E-state index is -1.08. The van der Waals surface area contributed by atoms with E-state index in [1.807, 2.05) is 41.8 Å². The molecule has 2 aromatic heterocycles. The first-order valence-corrected chi connectivity index (χ1v) is 15.0. The van der Waals surface area contributed by atoms with Gasteiger partial charge in [0.25, 0.3) is 11.8 Å². The van der Waals surface area contributed by atoms with Gasteiger partial charge in [0.05, 0.1) is 4.88 Å². The van der Waals surface area contributed by atoms with Crippen LogP contribution in [0.25, 0.3) is 11.4 Å². The summed E-state index contributed by atoms with van der Waals surface area (Å²) in [6.07, 6.45) is 3.57. The number of aromatic nitrogens is 2. The molecule has 11 nitrogen and oxygen atoms in total. The Kier molecular flexibility index (Phi) is 9.42. The van der Waals surface area contributed by atoms with E-state index in [2.05, 4.69) is 15.3 Å². The third-order valence-electron chi connectivity index (χ3n) is 7.42. The summed E-state index contributed by atoms with van der Waals surface area (Å²) in [6, 6.07) is 13.2. The van der Waals surface area contributed by atoms with E-state index in [-0.39, 0.29) is 49.5 Å². The van der Waals surface area contributed by atoms with Crippen LogP contribution < -0.4 is 10.1 Å². The highest BCUT2D eigenvalue weighted by Crippen LogP contribution is 2.25. The highest BCUT2D eigenvalue weighted by atomic mass is 32.1. The molecule has 1 atom stereocenters. The number of amides is 3. The van der Waals surface area contributed by atoms with Gasteiger partial charge in [-0.15, -0.1) is 11.3 Å². The summed E-state index contributed by atoms with van der Waals surface area (Å²) in [5.41, 5.74) is 0.730. The highest BCUT2D eigenvalue weighted by molar-refractivity contribution is 7.12. The first-order chi connectivity index (χ1) is 20.4. The Morgan fingerprint density at radius 3 is 2.36 bits per heavy atom. The summed E-state index contributed by atoms with van der Waals surface area (Å²) in [4.78, 5) is 64.0. The molecule has 1 aromatic carbocycles. The summed E-state index contributed by atoms with van der Waals surface area (Å²) >= 11 is 1.37. The molecule has 2 N–H and O–H groups in total. The number of rotatable bonds is 10. The number of hydrogen-bond donors (Lipinski definition) is 2. The molecular formula is C30H33N5O6S. The fourth-order valence-corrected chi connectivity index (χ4v) is 5.85. The Bertz CT molecular complexity index is 1400. The summed E-state index contributed by atoms with van der Waals surface area (Å²) in [6.45, 7) is 1.24. The number of carboxylic acids is 1. The van der Waals surface area contributed by atoms with Gasteiger partial charge in [0.1, 0.15) is 17.8 Å². The van der Waals surface area contributed by atoms with Crippen LogP contribution in [-0.4, -0.2) is 86.9 Å². The van der Waals surface area contributed by atoms with Gasteiger partial charge < -0.3 is 25.0 Å². The van der Waals surface area contributed by atoms with Gasteiger partial charge in [-0.25, -0.2) is 4.98 Å². The summed E-state index contributed by atoms with van der Waals surface area (Å²) in [7, 11) is 0. The maximum absolute atomic E-state index is 13.5. The van der Waals surface area contributed by atoms with Gasteiger partial charge in [0.15, 0.2) is 5.82 Å². The zero-order valence-corrected chi connectivity index (χ0v) is 23.9. The first kappa shape index (κ1) is 29.2. The van der Waals surface area contributed by atoms with Gasteiger partial charge >= 0.3 is 5.97 Å². The molecule has 42 heavy (non-hydrogen) atoms. The van der Waals surface area contributed by atoms with E-state index in [1.54, 1.807) is 15.9 Å².